The Hall–Kier alpha value is -1.35. The van der Waals surface area contributed by atoms with Crippen LogP contribution >= 0.6 is 0 Å². The van der Waals surface area contributed by atoms with Crippen molar-refractivity contribution in [3.63, 3.8) is 0 Å². The highest BCUT2D eigenvalue weighted by atomic mass is 16.2. The lowest BCUT2D eigenvalue weighted by Crippen LogP contribution is -2.48. The normalized spacial score (nSPS) is 19.4. The van der Waals surface area contributed by atoms with E-state index in [0.29, 0.717) is 5.92 Å². The van der Waals surface area contributed by atoms with Gasteiger partial charge in [0, 0.05) is 18.2 Å². The molecule has 1 atom stereocenters. The molecule has 0 bridgehead atoms. The molecule has 116 valence electrons. The molecule has 1 aromatic rings. The first kappa shape index (κ1) is 16.0. The summed E-state index contributed by atoms with van der Waals surface area (Å²) in [5.74, 6) is 0.620. The van der Waals surface area contributed by atoms with E-state index in [2.05, 4.69) is 51.2 Å². The molecule has 1 aliphatic rings. The van der Waals surface area contributed by atoms with Gasteiger partial charge in [-0.25, -0.2) is 0 Å². The Balaban J connectivity index is 2.21. The lowest BCUT2D eigenvalue weighted by Gasteiger charge is -2.38. The summed E-state index contributed by atoms with van der Waals surface area (Å²) >= 11 is 0. The summed E-state index contributed by atoms with van der Waals surface area (Å²) in [6.45, 7) is 10.4. The molecular weight excluding hydrogens is 260 g/mol. The van der Waals surface area contributed by atoms with E-state index in [1.54, 1.807) is 0 Å². The van der Waals surface area contributed by atoms with E-state index in [0.717, 1.165) is 37.2 Å². The van der Waals surface area contributed by atoms with Gasteiger partial charge in [-0.15, -0.1) is 0 Å². The molecular formula is C18H28N2O. The van der Waals surface area contributed by atoms with Crippen molar-refractivity contribution in [2.75, 3.05) is 25.0 Å². The maximum absolute atomic E-state index is 13.0. The molecule has 1 N–H and O–H groups in total. The van der Waals surface area contributed by atoms with Crippen molar-refractivity contribution >= 4 is 11.6 Å². The summed E-state index contributed by atoms with van der Waals surface area (Å²) in [6.07, 6.45) is 2.29. The standard InChI is InChI=1S/C18H28N2O/c1-13-8-9-16(14(2)11-13)20(5)17(21)18(3,4)15-7-6-10-19-12-15/h8-9,11,15,19H,6-7,10,12H2,1-5H3. The number of amides is 1. The van der Waals surface area contributed by atoms with E-state index in [1.807, 2.05) is 11.9 Å². The summed E-state index contributed by atoms with van der Waals surface area (Å²) in [5, 5.41) is 3.42. The van der Waals surface area contributed by atoms with Gasteiger partial charge >= 0.3 is 0 Å². The molecule has 3 heteroatoms. The Kier molecular flexibility index (Phi) is 4.72. The highest BCUT2D eigenvalue weighted by Gasteiger charge is 2.39. The number of anilines is 1. The summed E-state index contributed by atoms with van der Waals surface area (Å²) in [7, 11) is 1.90. The minimum Gasteiger partial charge on any atom is -0.316 e. The first-order valence-electron chi connectivity index (χ1n) is 7.90. The van der Waals surface area contributed by atoms with Gasteiger partial charge in [-0.05, 0) is 57.3 Å². The van der Waals surface area contributed by atoms with Crippen molar-refractivity contribution in [1.29, 1.82) is 0 Å². The fourth-order valence-corrected chi connectivity index (χ4v) is 3.37. The molecule has 0 spiro atoms. The highest BCUT2D eigenvalue weighted by Crippen LogP contribution is 2.35. The molecule has 0 aliphatic carbocycles. The lowest BCUT2D eigenvalue weighted by atomic mass is 9.74. The van der Waals surface area contributed by atoms with Crippen LogP contribution in [0.1, 0.15) is 37.8 Å². The third kappa shape index (κ3) is 3.29. The Morgan fingerprint density at radius 2 is 2.05 bits per heavy atom. The molecule has 21 heavy (non-hydrogen) atoms. The van der Waals surface area contributed by atoms with E-state index in [4.69, 9.17) is 0 Å². The zero-order valence-corrected chi connectivity index (χ0v) is 14.0. The largest absolute Gasteiger partial charge is 0.316 e. The van der Waals surface area contributed by atoms with Crippen LogP contribution in [0, 0.1) is 25.2 Å². The summed E-state index contributed by atoms with van der Waals surface area (Å²) in [4.78, 5) is 14.8. The number of aryl methyl sites for hydroxylation is 2. The van der Waals surface area contributed by atoms with Gasteiger partial charge < -0.3 is 10.2 Å². The van der Waals surface area contributed by atoms with Gasteiger partial charge in [-0.1, -0.05) is 31.5 Å². The average Bonchev–Trinajstić information content (AvgIpc) is 2.46. The Morgan fingerprint density at radius 3 is 2.62 bits per heavy atom. The van der Waals surface area contributed by atoms with Gasteiger partial charge in [-0.3, -0.25) is 4.79 Å². The third-order valence-corrected chi connectivity index (χ3v) is 4.89. The van der Waals surface area contributed by atoms with Gasteiger partial charge in [0.2, 0.25) is 5.91 Å². The number of hydrogen-bond donors (Lipinski definition) is 1. The number of carbonyl (C=O) groups is 1. The number of piperidine rings is 1. The molecule has 1 aromatic carbocycles. The second-order valence-electron chi connectivity index (χ2n) is 6.92. The summed E-state index contributed by atoms with van der Waals surface area (Å²) in [5.41, 5.74) is 3.07. The van der Waals surface area contributed by atoms with Crippen molar-refractivity contribution in [1.82, 2.24) is 5.32 Å². The van der Waals surface area contributed by atoms with Gasteiger partial charge in [-0.2, -0.15) is 0 Å². The molecule has 0 saturated carbocycles. The van der Waals surface area contributed by atoms with Crippen molar-refractivity contribution in [3.8, 4) is 0 Å². The van der Waals surface area contributed by atoms with Crippen LogP contribution in [0.2, 0.25) is 0 Å². The van der Waals surface area contributed by atoms with Crippen molar-refractivity contribution < 1.29 is 4.79 Å². The number of nitrogens with zero attached hydrogens (tertiary/aromatic N) is 1. The molecule has 1 heterocycles. The van der Waals surface area contributed by atoms with Gasteiger partial charge in [0.15, 0.2) is 0 Å². The molecule has 3 nitrogen and oxygen atoms in total. The number of nitrogens with one attached hydrogen (secondary N) is 1. The molecule has 0 radical (unpaired) electrons. The lowest BCUT2D eigenvalue weighted by molar-refractivity contribution is -0.129. The Morgan fingerprint density at radius 1 is 1.33 bits per heavy atom. The van der Waals surface area contributed by atoms with E-state index < -0.39 is 0 Å². The molecule has 1 unspecified atom stereocenters. The number of hydrogen-bond acceptors (Lipinski definition) is 2. The molecule has 1 fully saturated rings. The van der Waals surface area contributed by atoms with Crippen LogP contribution < -0.4 is 10.2 Å². The minimum atomic E-state index is -0.334. The predicted molar refractivity (Wildman–Crippen MR) is 88.7 cm³/mol. The topological polar surface area (TPSA) is 32.3 Å². The quantitative estimate of drug-likeness (QED) is 0.925. The van der Waals surface area contributed by atoms with Crippen molar-refractivity contribution in [3.05, 3.63) is 29.3 Å². The number of rotatable bonds is 3. The van der Waals surface area contributed by atoms with Gasteiger partial charge in [0.05, 0.1) is 0 Å². The molecule has 2 rings (SSSR count). The molecule has 1 aliphatic heterocycles. The van der Waals surface area contributed by atoms with Crippen molar-refractivity contribution in [2.24, 2.45) is 11.3 Å². The van der Waals surface area contributed by atoms with E-state index >= 15 is 0 Å². The third-order valence-electron chi connectivity index (χ3n) is 4.89. The van der Waals surface area contributed by atoms with E-state index in [1.165, 1.54) is 5.56 Å². The zero-order valence-electron chi connectivity index (χ0n) is 14.0. The van der Waals surface area contributed by atoms with Crippen LogP contribution in [0.15, 0.2) is 18.2 Å². The fourth-order valence-electron chi connectivity index (χ4n) is 3.37. The smallest absolute Gasteiger partial charge is 0.232 e. The second kappa shape index (κ2) is 6.18. The number of benzene rings is 1. The predicted octanol–water partition coefficient (Wildman–Crippen LogP) is 3.29. The van der Waals surface area contributed by atoms with E-state index in [9.17, 15) is 4.79 Å². The first-order valence-corrected chi connectivity index (χ1v) is 7.90. The van der Waals surface area contributed by atoms with Crippen LogP contribution in [-0.4, -0.2) is 26.0 Å². The van der Waals surface area contributed by atoms with E-state index in [-0.39, 0.29) is 11.3 Å². The number of carbonyl (C=O) groups excluding carboxylic acids is 1. The Labute approximate surface area is 128 Å². The second-order valence-corrected chi connectivity index (χ2v) is 6.92. The van der Waals surface area contributed by atoms with Crippen LogP contribution in [0.5, 0.6) is 0 Å². The van der Waals surface area contributed by atoms with Crippen LogP contribution in [0.3, 0.4) is 0 Å². The van der Waals surface area contributed by atoms with Gasteiger partial charge in [0.25, 0.3) is 0 Å². The maximum atomic E-state index is 13.0. The van der Waals surface area contributed by atoms with Crippen LogP contribution in [0.25, 0.3) is 0 Å². The average molecular weight is 288 g/mol. The van der Waals surface area contributed by atoms with Crippen LogP contribution in [-0.2, 0) is 4.79 Å². The SMILES string of the molecule is Cc1ccc(N(C)C(=O)C(C)(C)C2CCCNC2)c(C)c1. The minimum absolute atomic E-state index is 0.211. The highest BCUT2D eigenvalue weighted by molar-refractivity contribution is 5.97. The molecule has 0 aromatic heterocycles. The zero-order chi connectivity index (χ0) is 15.6. The Bertz CT molecular complexity index is 516. The summed E-state index contributed by atoms with van der Waals surface area (Å²) in [6, 6.07) is 6.26. The first-order chi connectivity index (χ1) is 9.84. The molecule has 1 saturated heterocycles. The van der Waals surface area contributed by atoms with Gasteiger partial charge in [0.1, 0.15) is 0 Å². The van der Waals surface area contributed by atoms with Crippen molar-refractivity contribution in [2.45, 2.75) is 40.5 Å². The van der Waals surface area contributed by atoms with Crippen LogP contribution in [0.4, 0.5) is 5.69 Å². The molecule has 1 amide bonds. The summed E-state index contributed by atoms with van der Waals surface area (Å²) < 4.78 is 0. The fraction of sp³-hybridized carbons (Fsp3) is 0.611. The maximum Gasteiger partial charge on any atom is 0.232 e. The monoisotopic (exact) mass is 288 g/mol.